The summed E-state index contributed by atoms with van der Waals surface area (Å²) in [5.41, 5.74) is 6.02. The number of nitrogens with two attached hydrogens (primary N) is 1. The largest absolute Gasteiger partial charge is 0.449 e. The fraction of sp³-hybridized carbons (Fsp3) is 0.830. The number of amides is 4. The van der Waals surface area contributed by atoms with E-state index in [2.05, 4.69) is 44.9 Å². The number of alkyl carbamates (subject to hydrolysis) is 2. The molecule has 2 saturated carbocycles. The Morgan fingerprint density at radius 1 is 0.424 bits per heavy atom. The molecule has 66 heavy (non-hydrogen) atoms. The highest BCUT2D eigenvalue weighted by Gasteiger charge is 2.50. The maximum absolute atomic E-state index is 12.0. The summed E-state index contributed by atoms with van der Waals surface area (Å²) in [5.74, 6) is 16.0. The average Bonchev–Trinajstić information content (AvgIpc) is 4.16. The molecule has 0 saturated heterocycles. The molecule has 2 fully saturated rings. The summed E-state index contributed by atoms with van der Waals surface area (Å²) >= 11 is 0. The molecule has 0 heterocycles. The lowest BCUT2D eigenvalue weighted by Crippen LogP contribution is -2.33. The standard InChI is InChI=1S/C47H77N5O14/c48-37(33-63-19-13-44(53)49-15-21-57-25-29-61-31-27-59-23-17-51-46(55)65-35-42-38-9-5-1-2-6-10-39(38)42)34-64-20-14-45(54)50-16-22-58-26-30-62-32-28-60-24-18-52-47(56)66-36-43-40-11-7-3-4-8-12-41(40)43/h37-43H,5-36,48H2,(H,49,53)(H,50,54)(H,51,55)(H,52,56)/t37?,38-,39+,40-,41+,42?,43?. The molecule has 0 aromatic heterocycles. The molecule has 19 heteroatoms. The van der Waals surface area contributed by atoms with Gasteiger partial charge < -0.3 is 74.4 Å². The van der Waals surface area contributed by atoms with Gasteiger partial charge in [-0.05, 0) is 61.2 Å². The highest BCUT2D eigenvalue weighted by atomic mass is 16.6. The van der Waals surface area contributed by atoms with Gasteiger partial charge >= 0.3 is 12.2 Å². The normalized spacial score (nSPS) is 21.8. The van der Waals surface area contributed by atoms with Gasteiger partial charge in [-0.2, -0.15) is 0 Å². The van der Waals surface area contributed by atoms with Crippen LogP contribution < -0.4 is 27.0 Å². The van der Waals surface area contributed by atoms with Gasteiger partial charge in [0.2, 0.25) is 11.8 Å². The third-order valence-electron chi connectivity index (χ3n) is 11.8. The lowest BCUT2D eigenvalue weighted by atomic mass is 10.1. The number of carbonyl (C=O) groups excluding carboxylic acids is 4. The highest BCUT2D eigenvalue weighted by molar-refractivity contribution is 5.76. The molecule has 4 rings (SSSR count). The molecule has 19 nitrogen and oxygen atoms in total. The van der Waals surface area contributed by atoms with Crippen molar-refractivity contribution in [2.45, 2.75) is 70.3 Å². The van der Waals surface area contributed by atoms with Crippen LogP contribution in [-0.2, 0) is 57.0 Å². The minimum atomic E-state index is -0.406. The van der Waals surface area contributed by atoms with Crippen LogP contribution in [-0.4, -0.2) is 175 Å². The maximum atomic E-state index is 12.0. The summed E-state index contributed by atoms with van der Waals surface area (Å²) in [5, 5.41) is 11.0. The zero-order valence-corrected chi connectivity index (χ0v) is 39.0. The van der Waals surface area contributed by atoms with Crippen molar-refractivity contribution >= 4 is 24.0 Å². The van der Waals surface area contributed by atoms with Gasteiger partial charge in [-0.15, -0.1) is 23.7 Å². The second kappa shape index (κ2) is 35.4. The molecule has 0 bridgehead atoms. The number of hydrogen-bond acceptors (Lipinski definition) is 15. The summed E-state index contributed by atoms with van der Waals surface area (Å²) < 4.78 is 54.7. The third-order valence-corrected chi connectivity index (χ3v) is 11.8. The van der Waals surface area contributed by atoms with E-state index in [4.69, 9.17) is 53.1 Å². The molecule has 0 radical (unpaired) electrons. The summed E-state index contributed by atoms with van der Waals surface area (Å²) in [6.45, 7) is 7.93. The van der Waals surface area contributed by atoms with E-state index < -0.39 is 12.2 Å². The van der Waals surface area contributed by atoms with Crippen LogP contribution in [0.25, 0.3) is 0 Å². The Morgan fingerprint density at radius 2 is 0.727 bits per heavy atom. The van der Waals surface area contributed by atoms with Gasteiger partial charge in [-0.1, -0.05) is 0 Å². The lowest BCUT2D eigenvalue weighted by molar-refractivity contribution is -0.123. The number of ether oxygens (including phenoxy) is 10. The number of carbonyl (C=O) groups is 4. The molecule has 6 atom stereocenters. The average molecular weight is 936 g/mol. The van der Waals surface area contributed by atoms with Gasteiger partial charge in [0, 0.05) is 64.7 Å². The molecular weight excluding hydrogens is 859 g/mol. The SMILES string of the molecule is NC(COCCC(=O)NCCOCCOCCOCCNC(=O)OCC1[C@H]2CCC#CCC[C@@H]12)COCCC(=O)NCCOCCOCCOCCNC(=O)OCC1[C@H]2CCC#CCC[C@@H]12. The predicted molar refractivity (Wildman–Crippen MR) is 242 cm³/mol. The van der Waals surface area contributed by atoms with Crippen LogP contribution in [0.4, 0.5) is 9.59 Å². The monoisotopic (exact) mass is 936 g/mol. The van der Waals surface area contributed by atoms with Gasteiger partial charge in [0.05, 0.1) is 125 Å². The first-order valence-electron chi connectivity index (χ1n) is 24.1. The van der Waals surface area contributed by atoms with Crippen molar-refractivity contribution in [1.29, 1.82) is 0 Å². The molecule has 374 valence electrons. The van der Waals surface area contributed by atoms with Gasteiger partial charge in [0.1, 0.15) is 0 Å². The van der Waals surface area contributed by atoms with Gasteiger partial charge in [-0.3, -0.25) is 9.59 Å². The van der Waals surface area contributed by atoms with Crippen molar-refractivity contribution in [1.82, 2.24) is 21.3 Å². The van der Waals surface area contributed by atoms with Crippen molar-refractivity contribution in [3.05, 3.63) is 0 Å². The van der Waals surface area contributed by atoms with E-state index in [1.165, 1.54) is 0 Å². The minimum Gasteiger partial charge on any atom is -0.449 e. The Labute approximate surface area is 391 Å². The van der Waals surface area contributed by atoms with Crippen molar-refractivity contribution < 1.29 is 66.5 Å². The minimum absolute atomic E-state index is 0.155. The van der Waals surface area contributed by atoms with E-state index in [0.717, 1.165) is 51.4 Å². The number of fused-ring (bicyclic) bond motifs is 2. The van der Waals surface area contributed by atoms with E-state index in [1.54, 1.807) is 0 Å². The van der Waals surface area contributed by atoms with E-state index >= 15 is 0 Å². The molecular formula is C47H77N5O14. The van der Waals surface area contributed by atoms with Crippen LogP contribution in [0.5, 0.6) is 0 Å². The van der Waals surface area contributed by atoms with E-state index in [0.29, 0.717) is 154 Å². The first-order valence-corrected chi connectivity index (χ1v) is 24.1. The zero-order valence-electron chi connectivity index (χ0n) is 39.0. The third kappa shape index (κ3) is 26.0. The fourth-order valence-corrected chi connectivity index (χ4v) is 8.09. The number of nitrogens with one attached hydrogen (secondary N) is 4. The predicted octanol–water partition coefficient (Wildman–Crippen LogP) is 1.79. The second-order valence-electron chi connectivity index (χ2n) is 16.7. The molecule has 2 unspecified atom stereocenters. The van der Waals surface area contributed by atoms with Crippen LogP contribution in [0.15, 0.2) is 0 Å². The van der Waals surface area contributed by atoms with Crippen LogP contribution in [0, 0.1) is 59.2 Å². The van der Waals surface area contributed by atoms with Gasteiger partial charge in [-0.25, -0.2) is 9.59 Å². The first kappa shape index (κ1) is 54.8. The molecule has 4 aliphatic carbocycles. The smallest absolute Gasteiger partial charge is 0.407 e. The first-order chi connectivity index (χ1) is 32.4. The Morgan fingerprint density at radius 3 is 1.06 bits per heavy atom. The van der Waals surface area contributed by atoms with Gasteiger partial charge in [0.15, 0.2) is 0 Å². The summed E-state index contributed by atoms with van der Waals surface area (Å²) in [7, 11) is 0. The Hall–Kier alpha value is -3.76. The van der Waals surface area contributed by atoms with E-state index in [1.807, 2.05) is 0 Å². The van der Waals surface area contributed by atoms with Crippen LogP contribution in [0.1, 0.15) is 64.2 Å². The fourth-order valence-electron chi connectivity index (χ4n) is 8.09. The Kier molecular flexibility index (Phi) is 29.4. The Balaban J connectivity index is 0.779. The van der Waals surface area contributed by atoms with Crippen molar-refractivity contribution in [3.63, 3.8) is 0 Å². The van der Waals surface area contributed by atoms with Crippen LogP contribution in [0.2, 0.25) is 0 Å². The molecule has 0 aromatic carbocycles. The van der Waals surface area contributed by atoms with E-state index in [-0.39, 0.29) is 57.1 Å². The second-order valence-corrected chi connectivity index (χ2v) is 16.7. The summed E-state index contributed by atoms with van der Waals surface area (Å²) in [6.07, 6.45) is 7.77. The summed E-state index contributed by atoms with van der Waals surface area (Å²) in [4.78, 5) is 48.0. The van der Waals surface area contributed by atoms with Crippen molar-refractivity contribution in [2.75, 3.05) is 145 Å². The van der Waals surface area contributed by atoms with Crippen molar-refractivity contribution in [3.8, 4) is 23.7 Å². The molecule has 6 N–H and O–H groups in total. The molecule has 4 amide bonds. The molecule has 4 aliphatic rings. The van der Waals surface area contributed by atoms with Crippen LogP contribution >= 0.6 is 0 Å². The van der Waals surface area contributed by atoms with Crippen molar-refractivity contribution in [2.24, 2.45) is 41.2 Å². The summed E-state index contributed by atoms with van der Waals surface area (Å²) in [6, 6.07) is -0.388. The molecule has 0 spiro atoms. The zero-order chi connectivity index (χ0) is 46.7. The molecule has 0 aromatic rings. The highest BCUT2D eigenvalue weighted by Crippen LogP contribution is 2.53. The topological polar surface area (TPSA) is 235 Å². The number of hydrogen-bond donors (Lipinski definition) is 5. The lowest BCUT2D eigenvalue weighted by Gasteiger charge is -2.13. The quantitative estimate of drug-likeness (QED) is 0.0439. The van der Waals surface area contributed by atoms with E-state index in [9.17, 15) is 19.2 Å². The maximum Gasteiger partial charge on any atom is 0.407 e. The Bertz CT molecular complexity index is 1360. The molecule has 0 aliphatic heterocycles. The van der Waals surface area contributed by atoms with Gasteiger partial charge in [0.25, 0.3) is 0 Å². The number of rotatable bonds is 38. The van der Waals surface area contributed by atoms with Crippen LogP contribution in [0.3, 0.4) is 0 Å².